The molecule has 5 heteroatoms. The van der Waals surface area contributed by atoms with Crippen molar-refractivity contribution in [1.29, 1.82) is 0 Å². The third kappa shape index (κ3) is 2.21. The van der Waals surface area contributed by atoms with Crippen molar-refractivity contribution in [1.82, 2.24) is 10.3 Å². The summed E-state index contributed by atoms with van der Waals surface area (Å²) < 4.78 is 5.45. The van der Waals surface area contributed by atoms with Crippen LogP contribution >= 0.6 is 0 Å². The van der Waals surface area contributed by atoms with E-state index in [1.165, 1.54) is 0 Å². The van der Waals surface area contributed by atoms with E-state index < -0.39 is 5.41 Å². The van der Waals surface area contributed by atoms with Crippen LogP contribution in [0.3, 0.4) is 0 Å². The maximum atomic E-state index is 11.9. The highest BCUT2D eigenvalue weighted by atomic mass is 16.3. The number of rotatable bonds is 4. The lowest BCUT2D eigenvalue weighted by Gasteiger charge is -2.12. The molecule has 1 amide bonds. The van der Waals surface area contributed by atoms with Crippen LogP contribution in [-0.4, -0.2) is 22.6 Å². The van der Waals surface area contributed by atoms with Gasteiger partial charge in [0, 0.05) is 13.5 Å². The Balaban J connectivity index is 1.70. The molecule has 5 nitrogen and oxygen atoms in total. The van der Waals surface area contributed by atoms with E-state index in [2.05, 4.69) is 10.3 Å². The maximum Gasteiger partial charge on any atom is 0.228 e. The van der Waals surface area contributed by atoms with E-state index in [1.807, 2.05) is 18.2 Å². The van der Waals surface area contributed by atoms with E-state index in [0.717, 1.165) is 29.5 Å². The van der Waals surface area contributed by atoms with Gasteiger partial charge in [0.2, 0.25) is 5.91 Å². The molecule has 100 valence electrons. The number of hydrogen-bond donors (Lipinski definition) is 2. The van der Waals surface area contributed by atoms with E-state index >= 15 is 0 Å². The first-order chi connectivity index (χ1) is 9.13. The van der Waals surface area contributed by atoms with Crippen molar-refractivity contribution in [3.05, 3.63) is 29.7 Å². The highest BCUT2D eigenvalue weighted by Crippen LogP contribution is 2.45. The minimum absolute atomic E-state index is 0.0659. The molecule has 3 rings (SSSR count). The van der Waals surface area contributed by atoms with Gasteiger partial charge in [-0.1, -0.05) is 6.07 Å². The molecular weight excluding hydrogens is 244 g/mol. The molecule has 0 aliphatic heterocycles. The largest absolute Gasteiger partial charge is 0.441 e. The van der Waals surface area contributed by atoms with Gasteiger partial charge in [-0.05, 0) is 30.5 Å². The zero-order valence-corrected chi connectivity index (χ0v) is 10.8. The second-order valence-corrected chi connectivity index (χ2v) is 5.16. The van der Waals surface area contributed by atoms with E-state index in [-0.39, 0.29) is 12.5 Å². The number of hydrogen-bond acceptors (Lipinski definition) is 4. The lowest BCUT2D eigenvalue weighted by molar-refractivity contribution is -0.127. The van der Waals surface area contributed by atoms with Crippen LogP contribution in [0.2, 0.25) is 0 Å². The van der Waals surface area contributed by atoms with E-state index in [1.54, 1.807) is 6.92 Å². The van der Waals surface area contributed by atoms with Gasteiger partial charge in [-0.15, -0.1) is 0 Å². The van der Waals surface area contributed by atoms with Crippen molar-refractivity contribution in [3.8, 4) is 0 Å². The number of amides is 1. The average molecular weight is 260 g/mol. The van der Waals surface area contributed by atoms with Crippen LogP contribution in [0.5, 0.6) is 0 Å². The molecule has 2 N–H and O–H groups in total. The topological polar surface area (TPSA) is 75.4 Å². The Hall–Kier alpha value is -1.88. The van der Waals surface area contributed by atoms with Gasteiger partial charge in [0.05, 0.1) is 12.0 Å². The zero-order chi connectivity index (χ0) is 13.5. The summed E-state index contributed by atoms with van der Waals surface area (Å²) >= 11 is 0. The number of fused-ring (bicyclic) bond motifs is 1. The highest BCUT2D eigenvalue weighted by Gasteiger charge is 2.49. The highest BCUT2D eigenvalue weighted by molar-refractivity contribution is 5.85. The summed E-state index contributed by atoms with van der Waals surface area (Å²) in [5.41, 5.74) is 1.99. The Labute approximate surface area is 110 Å². The summed E-state index contributed by atoms with van der Waals surface area (Å²) in [6.45, 7) is 2.18. The number of nitrogens with zero attached hydrogens (tertiary/aromatic N) is 1. The van der Waals surface area contributed by atoms with E-state index in [9.17, 15) is 9.90 Å². The minimum Gasteiger partial charge on any atom is -0.441 e. The normalized spacial score (nSPS) is 16.5. The molecule has 0 atom stereocenters. The fourth-order valence-electron chi connectivity index (χ4n) is 2.17. The van der Waals surface area contributed by atoms with Crippen molar-refractivity contribution < 1.29 is 14.3 Å². The van der Waals surface area contributed by atoms with Crippen molar-refractivity contribution in [2.45, 2.75) is 26.3 Å². The van der Waals surface area contributed by atoms with Gasteiger partial charge in [0.25, 0.3) is 0 Å². The summed E-state index contributed by atoms with van der Waals surface area (Å²) in [5, 5.41) is 12.0. The summed E-state index contributed by atoms with van der Waals surface area (Å²) in [7, 11) is 0. The monoisotopic (exact) mass is 260 g/mol. The summed E-state index contributed by atoms with van der Waals surface area (Å²) in [6, 6.07) is 5.68. The molecule has 0 bridgehead atoms. The molecule has 1 aliphatic carbocycles. The van der Waals surface area contributed by atoms with Gasteiger partial charge in [-0.25, -0.2) is 4.98 Å². The molecule has 0 saturated heterocycles. The average Bonchev–Trinajstić information content (AvgIpc) is 3.12. The quantitative estimate of drug-likeness (QED) is 0.874. The van der Waals surface area contributed by atoms with Crippen molar-refractivity contribution in [2.75, 3.05) is 6.61 Å². The first-order valence-corrected chi connectivity index (χ1v) is 6.38. The van der Waals surface area contributed by atoms with Gasteiger partial charge in [-0.3, -0.25) is 4.79 Å². The van der Waals surface area contributed by atoms with Crippen LogP contribution in [0.4, 0.5) is 0 Å². The summed E-state index contributed by atoms with van der Waals surface area (Å²) in [4.78, 5) is 16.1. The number of carbonyl (C=O) groups is 1. The lowest BCUT2D eigenvalue weighted by Crippen LogP contribution is -2.33. The van der Waals surface area contributed by atoms with Gasteiger partial charge < -0.3 is 14.8 Å². The fourth-order valence-corrected chi connectivity index (χ4v) is 2.17. The van der Waals surface area contributed by atoms with Gasteiger partial charge in [0.1, 0.15) is 5.52 Å². The first kappa shape index (κ1) is 12.2. The molecule has 2 aromatic rings. The number of aromatic nitrogens is 1. The van der Waals surface area contributed by atoms with Crippen molar-refractivity contribution in [3.63, 3.8) is 0 Å². The molecule has 1 aromatic heterocycles. The van der Waals surface area contributed by atoms with Gasteiger partial charge in [0.15, 0.2) is 11.5 Å². The summed E-state index contributed by atoms with van der Waals surface area (Å²) in [6.07, 6.45) is 1.55. The Morgan fingerprint density at radius 2 is 2.32 bits per heavy atom. The number of oxazole rings is 1. The number of nitrogens with one attached hydrogen (secondary N) is 1. The second kappa shape index (κ2) is 4.35. The fraction of sp³-hybridized carbons (Fsp3) is 0.429. The molecule has 1 heterocycles. The third-order valence-electron chi connectivity index (χ3n) is 3.65. The van der Waals surface area contributed by atoms with Crippen LogP contribution < -0.4 is 5.32 Å². The second-order valence-electron chi connectivity index (χ2n) is 5.16. The number of carbonyl (C=O) groups excluding carboxylic acids is 1. The molecule has 0 spiro atoms. The molecular formula is C14H16N2O3. The molecule has 1 aliphatic rings. The predicted octanol–water partition coefficient (Wildman–Crippen LogP) is 1.52. The van der Waals surface area contributed by atoms with Crippen molar-refractivity contribution in [2.24, 2.45) is 5.41 Å². The van der Waals surface area contributed by atoms with Crippen LogP contribution in [0.1, 0.15) is 24.3 Å². The number of benzene rings is 1. The summed E-state index contributed by atoms with van der Waals surface area (Å²) in [5.74, 6) is 0.567. The standard InChI is InChI=1S/C14H16N2O3/c1-9-16-11-3-2-10(6-12(11)19-9)7-15-13(18)14(8-17)4-5-14/h2-3,6,17H,4-5,7-8H2,1H3,(H,15,18). The molecule has 1 aromatic carbocycles. The maximum absolute atomic E-state index is 11.9. The first-order valence-electron chi connectivity index (χ1n) is 6.38. The Morgan fingerprint density at radius 1 is 1.53 bits per heavy atom. The Kier molecular flexibility index (Phi) is 2.78. The molecule has 1 saturated carbocycles. The molecule has 0 radical (unpaired) electrons. The number of aryl methyl sites for hydroxylation is 1. The van der Waals surface area contributed by atoms with Gasteiger partial charge >= 0.3 is 0 Å². The minimum atomic E-state index is -0.521. The molecule has 1 fully saturated rings. The molecule has 0 unspecified atom stereocenters. The van der Waals surface area contributed by atoms with Crippen LogP contribution in [0.15, 0.2) is 22.6 Å². The Morgan fingerprint density at radius 3 is 3.00 bits per heavy atom. The number of aliphatic hydroxyl groups excluding tert-OH is 1. The third-order valence-corrected chi connectivity index (χ3v) is 3.65. The van der Waals surface area contributed by atoms with Crippen LogP contribution in [0, 0.1) is 12.3 Å². The zero-order valence-electron chi connectivity index (χ0n) is 10.8. The number of aliphatic hydroxyl groups is 1. The van der Waals surface area contributed by atoms with Gasteiger partial charge in [-0.2, -0.15) is 0 Å². The molecule has 19 heavy (non-hydrogen) atoms. The Bertz CT molecular complexity index is 629. The van der Waals surface area contributed by atoms with E-state index in [4.69, 9.17) is 4.42 Å². The van der Waals surface area contributed by atoms with Crippen LogP contribution in [0.25, 0.3) is 11.1 Å². The lowest BCUT2D eigenvalue weighted by atomic mass is 10.1. The SMILES string of the molecule is Cc1nc2ccc(CNC(=O)C3(CO)CC3)cc2o1. The van der Waals surface area contributed by atoms with Crippen molar-refractivity contribution >= 4 is 17.0 Å². The van der Waals surface area contributed by atoms with Crippen LogP contribution in [-0.2, 0) is 11.3 Å². The predicted molar refractivity (Wildman–Crippen MR) is 69.3 cm³/mol. The van der Waals surface area contributed by atoms with E-state index in [0.29, 0.717) is 12.4 Å². The smallest absolute Gasteiger partial charge is 0.228 e.